The lowest BCUT2D eigenvalue weighted by Gasteiger charge is -1.98. The molecule has 0 saturated carbocycles. The van der Waals surface area contributed by atoms with Crippen LogP contribution < -0.4 is 0 Å². The molecule has 2 aromatic rings. The third kappa shape index (κ3) is 1.50. The number of aryl methyl sites for hydroxylation is 2. The summed E-state index contributed by atoms with van der Waals surface area (Å²) in [5, 5.41) is 10.9. The number of fused-ring (bicyclic) bond motifs is 1. The Hall–Kier alpha value is -1.43. The molecule has 0 aliphatic heterocycles. The lowest BCUT2D eigenvalue weighted by molar-refractivity contribution is -0.384. The summed E-state index contributed by atoms with van der Waals surface area (Å²) < 4.78 is 5.73. The van der Waals surface area contributed by atoms with Crippen LogP contribution in [0.15, 0.2) is 15.0 Å². The quantitative estimate of drug-likeness (QED) is 0.590. The second kappa shape index (κ2) is 3.30. The molecule has 1 heterocycles. The minimum absolute atomic E-state index is 0.0487. The van der Waals surface area contributed by atoms with Gasteiger partial charge >= 0.3 is 5.69 Å². The van der Waals surface area contributed by atoms with Gasteiger partial charge in [0, 0.05) is 6.92 Å². The average Bonchev–Trinajstić information content (AvgIpc) is 2.45. The van der Waals surface area contributed by atoms with Crippen LogP contribution in [0, 0.1) is 24.0 Å². The molecule has 0 amide bonds. The van der Waals surface area contributed by atoms with Crippen LogP contribution in [0.5, 0.6) is 0 Å². The van der Waals surface area contributed by atoms with E-state index in [0.29, 0.717) is 21.5 Å². The van der Waals surface area contributed by atoms with E-state index in [4.69, 9.17) is 4.42 Å². The van der Waals surface area contributed by atoms with Gasteiger partial charge in [-0.1, -0.05) is 0 Å². The number of nitro groups is 1. The number of nitrogens with zero attached hydrogens (tertiary/aromatic N) is 2. The molecule has 0 radical (unpaired) electrons. The predicted molar refractivity (Wildman–Crippen MR) is 57.8 cm³/mol. The minimum Gasteiger partial charge on any atom is -0.440 e. The largest absolute Gasteiger partial charge is 0.440 e. The second-order valence-electron chi connectivity index (χ2n) is 3.19. The fourth-order valence-corrected chi connectivity index (χ4v) is 2.14. The Morgan fingerprint density at radius 3 is 2.80 bits per heavy atom. The Bertz CT molecular complexity index is 562. The number of halogens is 1. The van der Waals surface area contributed by atoms with Crippen molar-refractivity contribution in [2.75, 3.05) is 0 Å². The van der Waals surface area contributed by atoms with Gasteiger partial charge in [0.2, 0.25) is 0 Å². The Morgan fingerprint density at radius 1 is 1.53 bits per heavy atom. The van der Waals surface area contributed by atoms with Crippen LogP contribution in [0.3, 0.4) is 0 Å². The zero-order valence-electron chi connectivity index (χ0n) is 8.07. The fraction of sp³-hybridized carbons (Fsp3) is 0.222. The van der Waals surface area contributed by atoms with Crippen LogP contribution in [0.4, 0.5) is 5.69 Å². The first-order valence-corrected chi connectivity index (χ1v) is 5.00. The van der Waals surface area contributed by atoms with Crippen molar-refractivity contribution in [3.05, 3.63) is 32.1 Å². The van der Waals surface area contributed by atoms with E-state index in [-0.39, 0.29) is 5.69 Å². The molecule has 0 atom stereocenters. The number of aromatic nitrogens is 1. The lowest BCUT2D eigenvalue weighted by Crippen LogP contribution is -1.92. The summed E-state index contributed by atoms with van der Waals surface area (Å²) in [4.78, 5) is 14.4. The fourth-order valence-electron chi connectivity index (χ4n) is 1.47. The van der Waals surface area contributed by atoms with E-state index in [2.05, 4.69) is 20.9 Å². The van der Waals surface area contributed by atoms with Gasteiger partial charge in [-0.25, -0.2) is 4.98 Å². The zero-order valence-corrected chi connectivity index (χ0v) is 9.66. The summed E-state index contributed by atoms with van der Waals surface area (Å²) in [6, 6.07) is 1.66. The van der Waals surface area contributed by atoms with E-state index < -0.39 is 4.92 Å². The Morgan fingerprint density at radius 2 is 2.20 bits per heavy atom. The van der Waals surface area contributed by atoms with Crippen LogP contribution in [0.2, 0.25) is 0 Å². The molecule has 2 rings (SSSR count). The molecule has 0 bridgehead atoms. The summed E-state index contributed by atoms with van der Waals surface area (Å²) in [7, 11) is 0. The van der Waals surface area contributed by atoms with Gasteiger partial charge in [0.05, 0.1) is 9.40 Å². The van der Waals surface area contributed by atoms with Crippen molar-refractivity contribution < 1.29 is 9.34 Å². The van der Waals surface area contributed by atoms with Gasteiger partial charge in [0.1, 0.15) is 0 Å². The highest BCUT2D eigenvalue weighted by Gasteiger charge is 2.22. The van der Waals surface area contributed by atoms with Gasteiger partial charge in [-0.05, 0) is 34.5 Å². The van der Waals surface area contributed by atoms with Crippen molar-refractivity contribution in [3.63, 3.8) is 0 Å². The van der Waals surface area contributed by atoms with Crippen molar-refractivity contribution >= 4 is 32.7 Å². The molecule has 6 heteroatoms. The van der Waals surface area contributed by atoms with Gasteiger partial charge < -0.3 is 4.42 Å². The molecule has 1 aromatic heterocycles. The van der Waals surface area contributed by atoms with Crippen LogP contribution in [-0.4, -0.2) is 9.91 Å². The third-order valence-corrected chi connectivity index (χ3v) is 2.67. The highest BCUT2D eigenvalue weighted by molar-refractivity contribution is 9.10. The van der Waals surface area contributed by atoms with Crippen LogP contribution in [0.1, 0.15) is 11.5 Å². The highest BCUT2D eigenvalue weighted by Crippen LogP contribution is 2.35. The molecule has 0 spiro atoms. The molecule has 78 valence electrons. The number of benzene rings is 1. The summed E-state index contributed by atoms with van der Waals surface area (Å²) >= 11 is 3.15. The predicted octanol–water partition coefficient (Wildman–Crippen LogP) is 3.12. The first kappa shape index (κ1) is 10.1. The van der Waals surface area contributed by atoms with E-state index in [1.807, 2.05) is 6.92 Å². The van der Waals surface area contributed by atoms with Crippen LogP contribution >= 0.6 is 15.9 Å². The van der Waals surface area contributed by atoms with Crippen LogP contribution in [-0.2, 0) is 0 Å². The molecule has 0 saturated heterocycles. The summed E-state index contributed by atoms with van der Waals surface area (Å²) in [5.74, 6) is 0.425. The van der Waals surface area contributed by atoms with Gasteiger partial charge in [0.25, 0.3) is 0 Å². The molecule has 15 heavy (non-hydrogen) atoms. The SMILES string of the molecule is Cc1nc2c([N+](=O)[O-])c(Br)cc(C)c2o1. The Kier molecular flexibility index (Phi) is 2.22. The maximum Gasteiger partial charge on any atom is 0.312 e. The van der Waals surface area contributed by atoms with Crippen molar-refractivity contribution in [3.8, 4) is 0 Å². The number of oxazole rings is 1. The van der Waals surface area contributed by atoms with Crippen molar-refractivity contribution in [2.45, 2.75) is 13.8 Å². The normalized spacial score (nSPS) is 10.9. The zero-order chi connectivity index (χ0) is 11.2. The Labute approximate surface area is 93.4 Å². The number of nitro benzene ring substituents is 1. The molecule has 5 nitrogen and oxygen atoms in total. The topological polar surface area (TPSA) is 69.2 Å². The molecule has 1 aromatic carbocycles. The van der Waals surface area contributed by atoms with Crippen molar-refractivity contribution in [2.24, 2.45) is 0 Å². The standard InChI is InChI=1S/C9H7BrN2O3/c1-4-3-6(10)8(12(13)14)7-9(4)15-5(2)11-7/h3H,1-2H3. The van der Waals surface area contributed by atoms with Gasteiger partial charge in [0.15, 0.2) is 17.0 Å². The first-order valence-electron chi connectivity index (χ1n) is 4.21. The minimum atomic E-state index is -0.464. The summed E-state index contributed by atoms with van der Waals surface area (Å²) in [6.45, 7) is 3.48. The highest BCUT2D eigenvalue weighted by atomic mass is 79.9. The molecule has 0 N–H and O–H groups in total. The van der Waals surface area contributed by atoms with Crippen molar-refractivity contribution in [1.29, 1.82) is 0 Å². The Balaban J connectivity index is 2.95. The smallest absolute Gasteiger partial charge is 0.312 e. The lowest BCUT2D eigenvalue weighted by atomic mass is 10.2. The molecule has 0 fully saturated rings. The summed E-state index contributed by atoms with van der Waals surface area (Å²) in [6.07, 6.45) is 0. The molecular formula is C9H7BrN2O3. The van der Waals surface area contributed by atoms with E-state index >= 15 is 0 Å². The summed E-state index contributed by atoms with van der Waals surface area (Å²) in [5.41, 5.74) is 1.54. The van der Waals surface area contributed by atoms with Crippen molar-refractivity contribution in [1.82, 2.24) is 4.98 Å². The second-order valence-corrected chi connectivity index (χ2v) is 4.05. The van der Waals surface area contributed by atoms with Gasteiger partial charge in [-0.3, -0.25) is 10.1 Å². The number of hydrogen-bond donors (Lipinski definition) is 0. The molecule has 0 aliphatic rings. The molecule has 0 unspecified atom stereocenters. The number of rotatable bonds is 1. The first-order chi connectivity index (χ1) is 7.00. The molecular weight excluding hydrogens is 264 g/mol. The monoisotopic (exact) mass is 270 g/mol. The van der Waals surface area contributed by atoms with Gasteiger partial charge in [-0.15, -0.1) is 0 Å². The molecule has 0 aliphatic carbocycles. The van der Waals surface area contributed by atoms with E-state index in [0.717, 1.165) is 5.56 Å². The van der Waals surface area contributed by atoms with Crippen LogP contribution in [0.25, 0.3) is 11.1 Å². The van der Waals surface area contributed by atoms with E-state index in [1.54, 1.807) is 13.0 Å². The van der Waals surface area contributed by atoms with Gasteiger partial charge in [-0.2, -0.15) is 0 Å². The van der Waals surface area contributed by atoms with E-state index in [9.17, 15) is 10.1 Å². The average molecular weight is 271 g/mol. The van der Waals surface area contributed by atoms with E-state index in [1.165, 1.54) is 0 Å². The third-order valence-electron chi connectivity index (χ3n) is 2.07. The maximum atomic E-state index is 10.9. The number of hydrogen-bond acceptors (Lipinski definition) is 4. The maximum absolute atomic E-state index is 10.9.